The summed E-state index contributed by atoms with van der Waals surface area (Å²) in [5.74, 6) is -0.218. The summed E-state index contributed by atoms with van der Waals surface area (Å²) in [4.78, 5) is 37.8. The molecule has 2 unspecified atom stereocenters. The first-order valence-electron chi connectivity index (χ1n) is 14.3. The first-order chi connectivity index (χ1) is 21.4. The molecular weight excluding hydrogens is 607 g/mol. The maximum Gasteiger partial charge on any atom is 0.395 e. The third-order valence-electron chi connectivity index (χ3n) is 7.07. The zero-order chi connectivity index (χ0) is 32.5. The van der Waals surface area contributed by atoms with Crippen molar-refractivity contribution in [3.63, 3.8) is 0 Å². The second-order valence-corrected chi connectivity index (χ2v) is 11.8. The maximum atomic E-state index is 12.9. The molecule has 0 amide bonds. The van der Waals surface area contributed by atoms with E-state index in [1.54, 1.807) is 45.0 Å². The summed E-state index contributed by atoms with van der Waals surface area (Å²) in [6.07, 6.45) is -2.54. The van der Waals surface area contributed by atoms with Crippen molar-refractivity contribution in [2.75, 3.05) is 18.9 Å². The molecule has 1 aliphatic rings. The van der Waals surface area contributed by atoms with Crippen molar-refractivity contribution in [1.29, 1.82) is 0 Å². The number of anilines is 1. The molecule has 0 aliphatic carbocycles. The van der Waals surface area contributed by atoms with Gasteiger partial charge in [0.05, 0.1) is 19.0 Å². The minimum Gasteiger partial charge on any atom is -0.575 e. The van der Waals surface area contributed by atoms with Crippen molar-refractivity contribution in [3.05, 3.63) is 42.7 Å². The first-order valence-corrected chi connectivity index (χ1v) is 15.4. The molecule has 16 heteroatoms. The van der Waals surface area contributed by atoms with Crippen LogP contribution in [0.4, 0.5) is 5.95 Å². The molecule has 5 rings (SSSR count). The molecular formula is C29H35N6O9P. The zero-order valence-electron chi connectivity index (χ0n) is 25.4. The number of aliphatic hydroxyl groups excluding tert-OH is 1. The molecule has 1 fully saturated rings. The van der Waals surface area contributed by atoms with E-state index in [1.807, 2.05) is 12.1 Å². The Bertz CT molecular complexity index is 1730. The highest BCUT2D eigenvalue weighted by molar-refractivity contribution is 7.34. The van der Waals surface area contributed by atoms with Crippen LogP contribution in [0, 0.1) is 0 Å². The number of nitrogen functional groups attached to an aromatic ring is 1. The van der Waals surface area contributed by atoms with Gasteiger partial charge in [0.15, 0.2) is 29.2 Å². The number of ether oxygens (including phenoxy) is 4. The third kappa shape index (κ3) is 6.63. The van der Waals surface area contributed by atoms with Crippen LogP contribution in [-0.2, 0) is 14.3 Å². The van der Waals surface area contributed by atoms with E-state index in [4.69, 9.17) is 29.2 Å². The van der Waals surface area contributed by atoms with E-state index in [-0.39, 0.29) is 41.7 Å². The number of aliphatic hydroxyl groups is 2. The van der Waals surface area contributed by atoms with Gasteiger partial charge in [-0.1, -0.05) is 35.1 Å². The molecule has 6 atom stereocenters. The molecule has 2 aromatic heterocycles. The quantitative estimate of drug-likeness (QED) is 0.159. The van der Waals surface area contributed by atoms with Crippen LogP contribution in [0.2, 0.25) is 0 Å². The summed E-state index contributed by atoms with van der Waals surface area (Å²) in [5.41, 5.74) is 4.63. The molecule has 0 radical (unpaired) electrons. The Morgan fingerprint density at radius 3 is 2.71 bits per heavy atom. The molecule has 4 N–H and O–H groups in total. The van der Waals surface area contributed by atoms with Crippen molar-refractivity contribution in [2.45, 2.75) is 70.8 Å². The predicted octanol–water partition coefficient (Wildman–Crippen LogP) is 2.62. The minimum absolute atomic E-state index is 0.0640. The lowest BCUT2D eigenvalue weighted by molar-refractivity contribution is -0.170. The lowest BCUT2D eigenvalue weighted by Gasteiger charge is -2.27. The van der Waals surface area contributed by atoms with Gasteiger partial charge in [0, 0.05) is 5.39 Å². The van der Waals surface area contributed by atoms with E-state index in [0.29, 0.717) is 17.5 Å². The number of nitrogens with two attached hydrogens (primary N) is 1. The smallest absolute Gasteiger partial charge is 0.395 e. The van der Waals surface area contributed by atoms with E-state index in [2.05, 4.69) is 19.7 Å². The Kier molecular flexibility index (Phi) is 9.37. The van der Waals surface area contributed by atoms with Gasteiger partial charge in [-0.25, -0.2) is 9.78 Å². The highest BCUT2D eigenvalue weighted by Gasteiger charge is 2.54. The molecule has 0 saturated carbocycles. The molecule has 3 heterocycles. The highest BCUT2D eigenvalue weighted by atomic mass is 31.1. The molecule has 0 spiro atoms. The SMILES string of the molecule is CCOc1nc(N)nc2c1ncn2C1O[C@H](COc2ccc3ccccc3c2O[P+]([O-])=N[C@@H](C)C(=O)OC(C)C)[C@@H](O)[C@@]1(C)O. The number of carbonyl (C=O) groups excluding carboxylic acids is 1. The van der Waals surface area contributed by atoms with E-state index in [0.717, 1.165) is 5.39 Å². The van der Waals surface area contributed by atoms with Gasteiger partial charge in [-0.15, -0.1) is 0 Å². The normalized spacial score (nSPS) is 22.6. The number of rotatable bonds is 11. The van der Waals surface area contributed by atoms with Gasteiger partial charge in [0.25, 0.3) is 0 Å². The van der Waals surface area contributed by atoms with Crippen molar-refractivity contribution < 1.29 is 43.4 Å². The first kappa shape index (κ1) is 32.3. The third-order valence-corrected chi connectivity index (χ3v) is 7.95. The number of hydrogen-bond acceptors (Lipinski definition) is 14. The van der Waals surface area contributed by atoms with Crippen LogP contribution in [0.1, 0.15) is 40.8 Å². The van der Waals surface area contributed by atoms with Crippen molar-refractivity contribution in [3.8, 4) is 17.4 Å². The Balaban J connectivity index is 1.40. The van der Waals surface area contributed by atoms with Gasteiger partial charge in [0.1, 0.15) is 24.4 Å². The summed E-state index contributed by atoms with van der Waals surface area (Å²) >= 11 is 0. The summed E-state index contributed by atoms with van der Waals surface area (Å²) in [5, 5.41) is 23.8. The standard InChI is InChI=1S/C29H35N6O9P/c1-6-40-25-21-24(32-28(30)33-25)35(14-31-21)27-29(5,38)23(36)20(43-27)13-41-19-12-11-17-9-7-8-10-18(17)22(19)44-45(39)34-16(4)26(37)42-15(2)3/h7-12,14-16,20,23,27,36,38H,6,13H2,1-5H3,(H2,30,32,33)/t16-,20+,23+,27?,29+/m0/s1. The summed E-state index contributed by atoms with van der Waals surface area (Å²) in [6, 6.07) is 9.59. The molecule has 240 valence electrons. The molecule has 1 saturated heterocycles. The average Bonchev–Trinajstić information content (AvgIpc) is 3.49. The summed E-state index contributed by atoms with van der Waals surface area (Å²) in [6.45, 7) is 8.16. The number of benzene rings is 2. The minimum atomic E-state index is -2.72. The Morgan fingerprint density at radius 2 is 1.98 bits per heavy atom. The molecule has 1 aliphatic heterocycles. The van der Waals surface area contributed by atoms with E-state index < -0.39 is 44.2 Å². The van der Waals surface area contributed by atoms with Gasteiger partial charge in [-0.2, -0.15) is 9.97 Å². The average molecular weight is 643 g/mol. The maximum absolute atomic E-state index is 12.9. The fraction of sp³-hybridized carbons (Fsp3) is 0.448. The fourth-order valence-corrected chi connectivity index (χ4v) is 5.69. The van der Waals surface area contributed by atoms with Gasteiger partial charge in [0.2, 0.25) is 17.6 Å². The number of imidazole rings is 1. The molecule has 4 aromatic rings. The predicted molar refractivity (Wildman–Crippen MR) is 162 cm³/mol. The summed E-state index contributed by atoms with van der Waals surface area (Å²) in [7, 11) is -2.72. The Hall–Kier alpha value is -4.14. The van der Waals surface area contributed by atoms with E-state index in [1.165, 1.54) is 24.7 Å². The van der Waals surface area contributed by atoms with Crippen LogP contribution in [0.5, 0.6) is 17.4 Å². The lowest BCUT2D eigenvalue weighted by Crippen LogP contribution is -2.44. The van der Waals surface area contributed by atoms with Crippen molar-refractivity contribution in [1.82, 2.24) is 19.5 Å². The number of esters is 1. The molecule has 0 bridgehead atoms. The van der Waals surface area contributed by atoms with Crippen LogP contribution in [0.3, 0.4) is 0 Å². The zero-order valence-corrected chi connectivity index (χ0v) is 26.2. The van der Waals surface area contributed by atoms with Gasteiger partial charge < -0.3 is 39.8 Å². The fourth-order valence-electron chi connectivity index (χ4n) is 4.92. The number of carbonyl (C=O) groups is 1. The largest absolute Gasteiger partial charge is 0.575 e. The second kappa shape index (κ2) is 13.1. The van der Waals surface area contributed by atoms with Crippen LogP contribution in [0.25, 0.3) is 21.9 Å². The Labute approximate surface area is 259 Å². The van der Waals surface area contributed by atoms with Crippen LogP contribution in [0.15, 0.2) is 47.5 Å². The lowest BCUT2D eigenvalue weighted by atomic mass is 9.96. The van der Waals surface area contributed by atoms with E-state index >= 15 is 0 Å². The number of nitrogens with zero attached hydrogens (tertiary/aromatic N) is 5. The summed E-state index contributed by atoms with van der Waals surface area (Å²) < 4.78 is 34.0. The van der Waals surface area contributed by atoms with Crippen LogP contribution in [-0.4, -0.2) is 78.9 Å². The van der Waals surface area contributed by atoms with Gasteiger partial charge >= 0.3 is 14.1 Å². The number of fused-ring (bicyclic) bond motifs is 2. The van der Waals surface area contributed by atoms with Gasteiger partial charge in [-0.05, 0) is 46.1 Å². The van der Waals surface area contributed by atoms with E-state index in [9.17, 15) is 19.9 Å². The number of aromatic nitrogens is 4. The Morgan fingerprint density at radius 1 is 1.22 bits per heavy atom. The van der Waals surface area contributed by atoms with Crippen LogP contribution >= 0.6 is 8.17 Å². The van der Waals surface area contributed by atoms with Crippen molar-refractivity contribution >= 4 is 42.0 Å². The monoisotopic (exact) mass is 642 g/mol. The van der Waals surface area contributed by atoms with Crippen LogP contribution < -0.4 is 24.6 Å². The molecule has 2 aromatic carbocycles. The number of hydrogen-bond donors (Lipinski definition) is 3. The topological polar surface area (TPSA) is 209 Å². The van der Waals surface area contributed by atoms with Gasteiger partial charge in [-0.3, -0.25) is 9.09 Å². The second-order valence-electron chi connectivity index (χ2n) is 10.9. The molecule has 45 heavy (non-hydrogen) atoms. The molecule has 15 nitrogen and oxygen atoms in total. The highest BCUT2D eigenvalue weighted by Crippen LogP contribution is 2.43. The van der Waals surface area contributed by atoms with Crippen molar-refractivity contribution in [2.24, 2.45) is 4.74 Å².